The van der Waals surface area contributed by atoms with Gasteiger partial charge in [-0.25, -0.2) is 0 Å². The SMILES string of the molecule is CCNC(CSc1cnn(C)c1)c1ccc(C)cc1C. The molecular weight excluding hydrogens is 266 g/mol. The van der Waals surface area contributed by atoms with Gasteiger partial charge in [0.05, 0.1) is 6.20 Å². The number of aryl methyl sites for hydroxylation is 3. The van der Waals surface area contributed by atoms with Gasteiger partial charge in [-0.3, -0.25) is 4.68 Å². The van der Waals surface area contributed by atoms with Crippen LogP contribution in [0, 0.1) is 13.8 Å². The standard InChI is InChI=1S/C16H23N3S/c1-5-17-16(11-20-14-9-18-19(4)10-14)15-7-6-12(2)8-13(15)3/h6-10,16-17H,5,11H2,1-4H3. The minimum Gasteiger partial charge on any atom is -0.309 e. The van der Waals surface area contributed by atoms with E-state index in [1.807, 2.05) is 29.7 Å². The summed E-state index contributed by atoms with van der Waals surface area (Å²) < 4.78 is 1.85. The molecule has 0 saturated heterocycles. The van der Waals surface area contributed by atoms with Crippen LogP contribution in [0.4, 0.5) is 0 Å². The molecular formula is C16H23N3S. The number of rotatable bonds is 6. The molecule has 0 amide bonds. The third kappa shape index (κ3) is 3.87. The minimum atomic E-state index is 0.380. The Bertz CT molecular complexity index is 563. The van der Waals surface area contributed by atoms with Crippen molar-refractivity contribution in [2.24, 2.45) is 7.05 Å². The molecule has 1 atom stereocenters. The average Bonchev–Trinajstić information content (AvgIpc) is 2.81. The van der Waals surface area contributed by atoms with Crippen molar-refractivity contribution in [2.75, 3.05) is 12.3 Å². The van der Waals surface area contributed by atoms with Crippen molar-refractivity contribution in [3.63, 3.8) is 0 Å². The van der Waals surface area contributed by atoms with Gasteiger partial charge in [0, 0.05) is 29.9 Å². The van der Waals surface area contributed by atoms with Gasteiger partial charge in [-0.1, -0.05) is 30.7 Å². The number of hydrogen-bond acceptors (Lipinski definition) is 3. The smallest absolute Gasteiger partial charge is 0.0625 e. The van der Waals surface area contributed by atoms with Crippen LogP contribution < -0.4 is 5.32 Å². The van der Waals surface area contributed by atoms with Crippen molar-refractivity contribution < 1.29 is 0 Å². The van der Waals surface area contributed by atoms with E-state index in [4.69, 9.17) is 0 Å². The van der Waals surface area contributed by atoms with Crippen LogP contribution in [0.15, 0.2) is 35.5 Å². The van der Waals surface area contributed by atoms with Crippen LogP contribution in [0.5, 0.6) is 0 Å². The fourth-order valence-electron chi connectivity index (χ4n) is 2.37. The van der Waals surface area contributed by atoms with E-state index in [1.54, 1.807) is 0 Å². The summed E-state index contributed by atoms with van der Waals surface area (Å²) in [5.74, 6) is 1.02. The van der Waals surface area contributed by atoms with Crippen molar-refractivity contribution in [3.8, 4) is 0 Å². The predicted molar refractivity (Wildman–Crippen MR) is 86.3 cm³/mol. The molecule has 0 aliphatic rings. The number of aromatic nitrogens is 2. The number of thioether (sulfide) groups is 1. The van der Waals surface area contributed by atoms with Crippen LogP contribution in [0.2, 0.25) is 0 Å². The monoisotopic (exact) mass is 289 g/mol. The zero-order valence-electron chi connectivity index (χ0n) is 12.7. The Morgan fingerprint density at radius 3 is 2.75 bits per heavy atom. The lowest BCUT2D eigenvalue weighted by Crippen LogP contribution is -2.23. The Balaban J connectivity index is 2.09. The van der Waals surface area contributed by atoms with E-state index in [1.165, 1.54) is 21.6 Å². The summed E-state index contributed by atoms with van der Waals surface area (Å²) >= 11 is 1.85. The van der Waals surface area contributed by atoms with E-state index in [0.29, 0.717) is 6.04 Å². The summed E-state index contributed by atoms with van der Waals surface area (Å²) in [6.45, 7) is 7.47. The fraction of sp³-hybridized carbons (Fsp3) is 0.438. The predicted octanol–water partition coefficient (Wildman–Crippen LogP) is 3.48. The van der Waals surface area contributed by atoms with Crippen molar-refractivity contribution in [1.82, 2.24) is 15.1 Å². The van der Waals surface area contributed by atoms with E-state index in [-0.39, 0.29) is 0 Å². The average molecular weight is 289 g/mol. The highest BCUT2D eigenvalue weighted by atomic mass is 32.2. The molecule has 0 aliphatic carbocycles. The normalized spacial score (nSPS) is 12.6. The maximum Gasteiger partial charge on any atom is 0.0625 e. The second-order valence-corrected chi connectivity index (χ2v) is 6.22. The van der Waals surface area contributed by atoms with E-state index >= 15 is 0 Å². The molecule has 0 saturated carbocycles. The lowest BCUT2D eigenvalue weighted by molar-refractivity contribution is 0.603. The van der Waals surface area contributed by atoms with Gasteiger partial charge < -0.3 is 5.32 Å². The highest BCUT2D eigenvalue weighted by Crippen LogP contribution is 2.26. The van der Waals surface area contributed by atoms with Crippen LogP contribution in [-0.2, 0) is 7.05 Å². The first-order chi connectivity index (χ1) is 9.60. The molecule has 0 bridgehead atoms. The molecule has 2 aromatic rings. The maximum absolute atomic E-state index is 4.22. The number of nitrogens with one attached hydrogen (secondary N) is 1. The Morgan fingerprint density at radius 2 is 2.15 bits per heavy atom. The van der Waals surface area contributed by atoms with Gasteiger partial charge in [0.1, 0.15) is 0 Å². The molecule has 1 aromatic carbocycles. The highest BCUT2D eigenvalue weighted by molar-refractivity contribution is 7.99. The molecule has 2 rings (SSSR count). The van der Waals surface area contributed by atoms with E-state index in [0.717, 1.165) is 12.3 Å². The first-order valence-corrected chi connectivity index (χ1v) is 8.00. The van der Waals surface area contributed by atoms with Gasteiger partial charge in [-0.05, 0) is 31.5 Å². The molecule has 1 N–H and O–H groups in total. The molecule has 108 valence electrons. The largest absolute Gasteiger partial charge is 0.309 e. The third-order valence-corrected chi connectivity index (χ3v) is 4.39. The van der Waals surface area contributed by atoms with E-state index in [2.05, 4.69) is 55.6 Å². The quantitative estimate of drug-likeness (QED) is 0.826. The Kier molecular flexibility index (Phi) is 5.26. The summed E-state index contributed by atoms with van der Waals surface area (Å²) in [6.07, 6.45) is 3.99. The summed E-state index contributed by atoms with van der Waals surface area (Å²) in [6, 6.07) is 7.09. The van der Waals surface area contributed by atoms with Crippen LogP contribution in [0.1, 0.15) is 29.7 Å². The lowest BCUT2D eigenvalue weighted by Gasteiger charge is -2.20. The maximum atomic E-state index is 4.22. The minimum absolute atomic E-state index is 0.380. The van der Waals surface area contributed by atoms with Crippen molar-refractivity contribution in [1.29, 1.82) is 0 Å². The summed E-state index contributed by atoms with van der Waals surface area (Å²) in [4.78, 5) is 1.22. The Labute approximate surface area is 125 Å². The first kappa shape index (κ1) is 15.1. The second kappa shape index (κ2) is 6.95. The van der Waals surface area contributed by atoms with Gasteiger partial charge in [-0.15, -0.1) is 11.8 Å². The van der Waals surface area contributed by atoms with Gasteiger partial charge >= 0.3 is 0 Å². The summed E-state index contributed by atoms with van der Waals surface area (Å²) in [5.41, 5.74) is 4.08. The van der Waals surface area contributed by atoms with Crippen molar-refractivity contribution in [2.45, 2.75) is 31.7 Å². The number of hydrogen-bond donors (Lipinski definition) is 1. The van der Waals surface area contributed by atoms with Gasteiger partial charge in [0.2, 0.25) is 0 Å². The van der Waals surface area contributed by atoms with Gasteiger partial charge in [0.25, 0.3) is 0 Å². The number of benzene rings is 1. The lowest BCUT2D eigenvalue weighted by atomic mass is 10.0. The van der Waals surface area contributed by atoms with Crippen LogP contribution >= 0.6 is 11.8 Å². The zero-order chi connectivity index (χ0) is 14.5. The molecule has 4 heteroatoms. The van der Waals surface area contributed by atoms with Crippen LogP contribution in [0.3, 0.4) is 0 Å². The number of nitrogens with zero attached hydrogens (tertiary/aromatic N) is 2. The molecule has 3 nitrogen and oxygen atoms in total. The highest BCUT2D eigenvalue weighted by Gasteiger charge is 2.13. The third-order valence-electron chi connectivity index (χ3n) is 3.35. The fourth-order valence-corrected chi connectivity index (χ4v) is 3.38. The molecule has 0 spiro atoms. The second-order valence-electron chi connectivity index (χ2n) is 5.13. The van der Waals surface area contributed by atoms with E-state index < -0.39 is 0 Å². The topological polar surface area (TPSA) is 29.9 Å². The van der Waals surface area contributed by atoms with E-state index in [9.17, 15) is 0 Å². The van der Waals surface area contributed by atoms with Gasteiger partial charge in [0.15, 0.2) is 0 Å². The van der Waals surface area contributed by atoms with Crippen LogP contribution in [-0.4, -0.2) is 22.1 Å². The molecule has 0 radical (unpaired) electrons. The first-order valence-electron chi connectivity index (χ1n) is 7.02. The Morgan fingerprint density at radius 1 is 1.35 bits per heavy atom. The molecule has 20 heavy (non-hydrogen) atoms. The van der Waals surface area contributed by atoms with Crippen LogP contribution in [0.25, 0.3) is 0 Å². The zero-order valence-corrected chi connectivity index (χ0v) is 13.5. The van der Waals surface area contributed by atoms with Gasteiger partial charge in [-0.2, -0.15) is 5.10 Å². The summed E-state index contributed by atoms with van der Waals surface area (Å²) in [5, 5.41) is 7.81. The van der Waals surface area contributed by atoms with Crippen molar-refractivity contribution in [3.05, 3.63) is 47.3 Å². The summed E-state index contributed by atoms with van der Waals surface area (Å²) in [7, 11) is 1.95. The molecule has 1 unspecified atom stereocenters. The molecule has 0 fully saturated rings. The Hall–Kier alpha value is -1.26. The molecule has 1 aromatic heterocycles. The molecule has 0 aliphatic heterocycles. The molecule has 1 heterocycles. The van der Waals surface area contributed by atoms with Crippen molar-refractivity contribution >= 4 is 11.8 Å².